The average molecular weight is 400 g/mol. The minimum absolute atomic E-state index is 0.0354. The van der Waals surface area contributed by atoms with Crippen LogP contribution < -0.4 is 16.0 Å². The molecule has 0 saturated heterocycles. The van der Waals surface area contributed by atoms with E-state index in [0.717, 1.165) is 6.07 Å². The van der Waals surface area contributed by atoms with E-state index < -0.39 is 27.2 Å². The Hall–Kier alpha value is -2.16. The predicted octanol–water partition coefficient (Wildman–Crippen LogP) is 3.18. The Labute approximate surface area is 156 Å². The van der Waals surface area contributed by atoms with Crippen molar-refractivity contribution in [2.24, 2.45) is 5.84 Å². The van der Waals surface area contributed by atoms with Gasteiger partial charge in [0.25, 0.3) is 15.9 Å². The quantitative estimate of drug-likeness (QED) is 0.417. The number of sulfonamides is 1. The highest BCUT2D eigenvalue weighted by Crippen LogP contribution is 2.38. The molecule has 0 aliphatic carbocycles. The van der Waals surface area contributed by atoms with Gasteiger partial charge in [0, 0.05) is 6.07 Å². The van der Waals surface area contributed by atoms with Crippen LogP contribution in [-0.2, 0) is 15.4 Å². The number of carbonyl (C=O) groups is 1. The van der Waals surface area contributed by atoms with Crippen LogP contribution in [0.1, 0.15) is 36.7 Å². The summed E-state index contributed by atoms with van der Waals surface area (Å²) in [6.45, 7) is 5.16. The van der Waals surface area contributed by atoms with Crippen molar-refractivity contribution in [3.8, 4) is 0 Å². The van der Waals surface area contributed by atoms with E-state index in [2.05, 4.69) is 4.72 Å². The molecule has 0 fully saturated rings. The smallest absolute Gasteiger partial charge is 0.267 e. The van der Waals surface area contributed by atoms with Crippen LogP contribution in [0.4, 0.5) is 10.1 Å². The summed E-state index contributed by atoms with van der Waals surface area (Å²) in [5.41, 5.74) is 0.962. The van der Waals surface area contributed by atoms with Gasteiger partial charge in [-0.3, -0.25) is 14.9 Å². The number of rotatable bonds is 4. The van der Waals surface area contributed by atoms with Gasteiger partial charge in [0.05, 0.1) is 21.2 Å². The molecule has 6 nitrogen and oxygen atoms in total. The molecule has 1 amide bonds. The topological polar surface area (TPSA) is 101 Å². The fourth-order valence-electron chi connectivity index (χ4n) is 2.52. The van der Waals surface area contributed by atoms with Crippen molar-refractivity contribution in [1.82, 2.24) is 5.43 Å². The van der Waals surface area contributed by atoms with Crippen LogP contribution in [0, 0.1) is 5.82 Å². The average Bonchev–Trinajstić information content (AvgIpc) is 2.56. The molecule has 140 valence electrons. The second-order valence-corrected chi connectivity index (χ2v) is 8.67. The number of hydrogen-bond donors (Lipinski definition) is 3. The Morgan fingerprint density at radius 2 is 1.77 bits per heavy atom. The van der Waals surface area contributed by atoms with E-state index in [1.54, 1.807) is 39.0 Å². The van der Waals surface area contributed by atoms with Crippen molar-refractivity contribution in [2.45, 2.75) is 31.1 Å². The third-order valence-corrected chi connectivity index (χ3v) is 5.38. The Morgan fingerprint density at radius 3 is 2.27 bits per heavy atom. The van der Waals surface area contributed by atoms with Gasteiger partial charge in [0.1, 0.15) is 5.82 Å². The molecule has 0 aliphatic heterocycles. The summed E-state index contributed by atoms with van der Waals surface area (Å²) in [6.07, 6.45) is 0. The third kappa shape index (κ3) is 3.98. The van der Waals surface area contributed by atoms with Gasteiger partial charge in [-0.05, 0) is 23.1 Å². The molecule has 2 rings (SSSR count). The minimum Gasteiger partial charge on any atom is -0.290 e. The zero-order chi connectivity index (χ0) is 19.7. The maximum atomic E-state index is 14.4. The molecule has 0 atom stereocenters. The number of nitrogen functional groups attached to an aromatic ring is 1. The normalized spacial score (nSPS) is 11.9. The van der Waals surface area contributed by atoms with Gasteiger partial charge in [-0.25, -0.2) is 18.7 Å². The number of hydrazine groups is 1. The number of hydrogen-bond acceptors (Lipinski definition) is 4. The van der Waals surface area contributed by atoms with E-state index in [1.807, 2.05) is 5.43 Å². The lowest BCUT2D eigenvalue weighted by Gasteiger charge is -2.26. The lowest BCUT2D eigenvalue weighted by molar-refractivity contribution is 0.0952. The number of benzene rings is 2. The molecule has 9 heteroatoms. The zero-order valence-electron chi connectivity index (χ0n) is 14.4. The van der Waals surface area contributed by atoms with Gasteiger partial charge in [-0.2, -0.15) is 0 Å². The SMILES string of the molecule is CC(C)(C)c1c(Cl)c(F)cc(NS(=O)(=O)c2ccccc2)c1C(=O)NN. The maximum Gasteiger partial charge on any atom is 0.267 e. The fraction of sp³-hybridized carbons (Fsp3) is 0.235. The fourth-order valence-corrected chi connectivity index (χ4v) is 4.04. The Morgan fingerprint density at radius 1 is 1.19 bits per heavy atom. The molecular formula is C17H19ClFN3O3S. The standard InChI is InChI=1S/C17H19ClFN3O3S/c1-17(2,3)14-13(16(23)21-20)12(9-11(19)15(14)18)22-26(24,25)10-7-5-4-6-8-10/h4-9,22H,20H2,1-3H3,(H,21,23). The van der Waals surface area contributed by atoms with Gasteiger partial charge in [0.15, 0.2) is 0 Å². The molecule has 0 spiro atoms. The molecule has 0 aromatic heterocycles. The lowest BCUT2D eigenvalue weighted by Crippen LogP contribution is -2.34. The Bertz CT molecular complexity index is 942. The summed E-state index contributed by atoms with van der Waals surface area (Å²) in [6, 6.07) is 8.37. The van der Waals surface area contributed by atoms with E-state index in [1.165, 1.54) is 12.1 Å². The first-order valence-corrected chi connectivity index (χ1v) is 9.46. The van der Waals surface area contributed by atoms with Crippen molar-refractivity contribution in [3.63, 3.8) is 0 Å². The summed E-state index contributed by atoms with van der Waals surface area (Å²) in [5, 5.41) is -0.265. The monoisotopic (exact) mass is 399 g/mol. The highest BCUT2D eigenvalue weighted by atomic mass is 35.5. The molecule has 0 radical (unpaired) electrons. The Balaban J connectivity index is 2.73. The summed E-state index contributed by atoms with van der Waals surface area (Å²) >= 11 is 6.07. The van der Waals surface area contributed by atoms with Crippen LogP contribution in [0.25, 0.3) is 0 Å². The maximum absolute atomic E-state index is 14.4. The van der Waals surface area contributed by atoms with Gasteiger partial charge < -0.3 is 0 Å². The largest absolute Gasteiger partial charge is 0.290 e. The summed E-state index contributed by atoms with van der Waals surface area (Å²) in [5.74, 6) is 3.59. The van der Waals surface area contributed by atoms with Gasteiger partial charge in [0.2, 0.25) is 0 Å². The molecule has 0 bridgehead atoms. The first kappa shape index (κ1) is 20.2. The van der Waals surface area contributed by atoms with E-state index in [0.29, 0.717) is 0 Å². The number of amides is 1. The molecule has 0 saturated carbocycles. The summed E-state index contributed by atoms with van der Waals surface area (Å²) in [4.78, 5) is 12.3. The van der Waals surface area contributed by atoms with Crippen molar-refractivity contribution in [2.75, 3.05) is 4.72 Å². The van der Waals surface area contributed by atoms with Crippen LogP contribution in [0.2, 0.25) is 5.02 Å². The molecule has 26 heavy (non-hydrogen) atoms. The number of halogens is 2. The summed E-state index contributed by atoms with van der Waals surface area (Å²) in [7, 11) is -4.05. The van der Waals surface area contributed by atoms with Crippen LogP contribution >= 0.6 is 11.6 Å². The number of nitrogens with one attached hydrogen (secondary N) is 2. The van der Waals surface area contributed by atoms with Gasteiger partial charge >= 0.3 is 0 Å². The molecule has 0 aliphatic rings. The van der Waals surface area contributed by atoms with Crippen LogP contribution in [0.15, 0.2) is 41.3 Å². The predicted molar refractivity (Wildman–Crippen MR) is 99.0 cm³/mol. The van der Waals surface area contributed by atoms with Gasteiger partial charge in [-0.1, -0.05) is 50.6 Å². The second kappa shape index (κ2) is 7.22. The van der Waals surface area contributed by atoms with Crippen molar-refractivity contribution < 1.29 is 17.6 Å². The van der Waals surface area contributed by atoms with Crippen LogP contribution in [0.5, 0.6) is 0 Å². The second-order valence-electron chi connectivity index (χ2n) is 6.61. The minimum atomic E-state index is -4.05. The van der Waals surface area contributed by atoms with E-state index in [4.69, 9.17) is 17.4 Å². The van der Waals surface area contributed by atoms with Crippen LogP contribution in [0.3, 0.4) is 0 Å². The molecule has 4 N–H and O–H groups in total. The molecular weight excluding hydrogens is 381 g/mol. The third-order valence-electron chi connectivity index (χ3n) is 3.63. The van der Waals surface area contributed by atoms with Crippen molar-refractivity contribution in [3.05, 3.63) is 58.4 Å². The molecule has 2 aromatic rings. The number of anilines is 1. The molecule has 0 unspecified atom stereocenters. The zero-order valence-corrected chi connectivity index (χ0v) is 16.0. The first-order valence-electron chi connectivity index (χ1n) is 7.60. The van der Waals surface area contributed by atoms with E-state index >= 15 is 0 Å². The van der Waals surface area contributed by atoms with Crippen molar-refractivity contribution in [1.29, 1.82) is 0 Å². The highest BCUT2D eigenvalue weighted by Gasteiger charge is 2.31. The van der Waals surface area contributed by atoms with E-state index in [9.17, 15) is 17.6 Å². The lowest BCUT2D eigenvalue weighted by atomic mass is 9.82. The number of carbonyl (C=O) groups excluding carboxylic acids is 1. The van der Waals surface area contributed by atoms with Crippen LogP contribution in [-0.4, -0.2) is 14.3 Å². The molecule has 2 aromatic carbocycles. The highest BCUT2D eigenvalue weighted by molar-refractivity contribution is 7.92. The van der Waals surface area contributed by atoms with Gasteiger partial charge in [-0.15, -0.1) is 0 Å². The molecule has 0 heterocycles. The summed E-state index contributed by atoms with van der Waals surface area (Å²) < 4.78 is 41.8. The first-order chi connectivity index (χ1) is 12.0. The van der Waals surface area contributed by atoms with Crippen molar-refractivity contribution >= 4 is 33.2 Å². The van der Waals surface area contributed by atoms with E-state index in [-0.39, 0.29) is 26.7 Å². The number of nitrogens with two attached hydrogens (primary N) is 1. The Kier molecular flexibility index (Phi) is 5.60.